The van der Waals surface area contributed by atoms with Crippen LogP contribution in [0, 0.1) is 0 Å². The standard InChI is InChI=1S/C10H18N2O4/c11-5-1-2-9(13)12-6-7-3-4-8(16-7)10(14)15/h7-8H,1-6,11H2,(H,12,13)(H,14,15). The van der Waals surface area contributed by atoms with Crippen molar-refractivity contribution in [1.82, 2.24) is 5.32 Å². The first-order valence-electron chi connectivity index (χ1n) is 5.48. The first-order chi connectivity index (χ1) is 7.63. The minimum atomic E-state index is -0.933. The number of carbonyl (C=O) groups excluding carboxylic acids is 1. The largest absolute Gasteiger partial charge is 0.479 e. The Morgan fingerprint density at radius 2 is 2.19 bits per heavy atom. The van der Waals surface area contributed by atoms with Gasteiger partial charge in [-0.1, -0.05) is 0 Å². The molecule has 0 spiro atoms. The minimum absolute atomic E-state index is 0.0622. The molecule has 0 aromatic rings. The van der Waals surface area contributed by atoms with Gasteiger partial charge in [-0.2, -0.15) is 0 Å². The second-order valence-corrected chi connectivity index (χ2v) is 3.86. The van der Waals surface area contributed by atoms with Crippen LogP contribution < -0.4 is 11.1 Å². The minimum Gasteiger partial charge on any atom is -0.479 e. The summed E-state index contributed by atoms with van der Waals surface area (Å²) in [6.07, 6.45) is 1.36. The van der Waals surface area contributed by atoms with E-state index in [1.165, 1.54) is 0 Å². The van der Waals surface area contributed by atoms with Gasteiger partial charge in [-0.3, -0.25) is 4.79 Å². The highest BCUT2D eigenvalue weighted by Crippen LogP contribution is 2.19. The zero-order chi connectivity index (χ0) is 12.0. The number of nitrogens with two attached hydrogens (primary N) is 1. The Balaban J connectivity index is 2.15. The summed E-state index contributed by atoms with van der Waals surface area (Å²) in [5.74, 6) is -0.996. The Kier molecular flexibility index (Phi) is 5.21. The van der Waals surface area contributed by atoms with Gasteiger partial charge in [-0.05, 0) is 25.8 Å². The van der Waals surface area contributed by atoms with Gasteiger partial charge in [0.1, 0.15) is 0 Å². The fourth-order valence-electron chi connectivity index (χ4n) is 1.62. The number of carboxylic acids is 1. The van der Waals surface area contributed by atoms with Crippen molar-refractivity contribution in [1.29, 1.82) is 0 Å². The predicted octanol–water partition coefficient (Wildman–Crippen LogP) is -0.526. The van der Waals surface area contributed by atoms with E-state index >= 15 is 0 Å². The Morgan fingerprint density at radius 3 is 2.75 bits per heavy atom. The third-order valence-corrected chi connectivity index (χ3v) is 2.52. The highest BCUT2D eigenvalue weighted by Gasteiger charge is 2.30. The van der Waals surface area contributed by atoms with E-state index in [0.29, 0.717) is 38.8 Å². The van der Waals surface area contributed by atoms with Crippen LogP contribution >= 0.6 is 0 Å². The summed E-state index contributed by atoms with van der Waals surface area (Å²) in [6.45, 7) is 0.877. The van der Waals surface area contributed by atoms with Crippen molar-refractivity contribution in [3.05, 3.63) is 0 Å². The summed E-state index contributed by atoms with van der Waals surface area (Å²) in [5, 5.41) is 11.4. The van der Waals surface area contributed by atoms with Crippen molar-refractivity contribution in [3.63, 3.8) is 0 Å². The summed E-state index contributed by atoms with van der Waals surface area (Å²) in [5.41, 5.74) is 5.28. The van der Waals surface area contributed by atoms with Crippen LogP contribution in [0.4, 0.5) is 0 Å². The van der Waals surface area contributed by atoms with Crippen LogP contribution in [0.2, 0.25) is 0 Å². The van der Waals surface area contributed by atoms with Gasteiger partial charge < -0.3 is 20.9 Å². The predicted molar refractivity (Wildman–Crippen MR) is 56.8 cm³/mol. The molecule has 1 fully saturated rings. The van der Waals surface area contributed by atoms with Crippen molar-refractivity contribution in [3.8, 4) is 0 Å². The van der Waals surface area contributed by atoms with Crippen molar-refractivity contribution < 1.29 is 19.4 Å². The van der Waals surface area contributed by atoms with E-state index in [0.717, 1.165) is 0 Å². The topological polar surface area (TPSA) is 102 Å². The average molecular weight is 230 g/mol. The number of rotatable bonds is 6. The molecule has 0 aromatic heterocycles. The van der Waals surface area contributed by atoms with Crippen molar-refractivity contribution in [2.24, 2.45) is 5.73 Å². The highest BCUT2D eigenvalue weighted by atomic mass is 16.5. The van der Waals surface area contributed by atoms with Gasteiger partial charge in [-0.25, -0.2) is 4.79 Å². The molecule has 0 saturated carbocycles. The quantitative estimate of drug-likeness (QED) is 0.569. The summed E-state index contributed by atoms with van der Waals surface area (Å²) in [4.78, 5) is 21.8. The second-order valence-electron chi connectivity index (χ2n) is 3.86. The van der Waals surface area contributed by atoms with Gasteiger partial charge in [0.25, 0.3) is 0 Å². The van der Waals surface area contributed by atoms with Gasteiger partial charge in [0.15, 0.2) is 6.10 Å². The molecule has 16 heavy (non-hydrogen) atoms. The SMILES string of the molecule is NCCCC(=O)NCC1CCC(C(=O)O)O1. The molecule has 1 aliphatic heterocycles. The van der Waals surface area contributed by atoms with E-state index in [2.05, 4.69) is 5.32 Å². The molecule has 1 aliphatic rings. The Morgan fingerprint density at radius 1 is 1.44 bits per heavy atom. The van der Waals surface area contributed by atoms with Crippen LogP contribution in [0.1, 0.15) is 25.7 Å². The normalized spacial score (nSPS) is 24.3. The lowest BCUT2D eigenvalue weighted by Gasteiger charge is -2.12. The fourth-order valence-corrected chi connectivity index (χ4v) is 1.62. The van der Waals surface area contributed by atoms with E-state index in [9.17, 15) is 9.59 Å². The number of hydrogen-bond acceptors (Lipinski definition) is 4. The number of carboxylic acid groups (broad SMARTS) is 1. The Hall–Kier alpha value is -1.14. The maximum absolute atomic E-state index is 11.2. The van der Waals surface area contributed by atoms with Crippen LogP contribution in [0.25, 0.3) is 0 Å². The lowest BCUT2D eigenvalue weighted by molar-refractivity contribution is -0.149. The number of ether oxygens (including phenoxy) is 1. The maximum atomic E-state index is 11.2. The number of hydrogen-bond donors (Lipinski definition) is 3. The highest BCUT2D eigenvalue weighted by molar-refractivity contribution is 5.76. The van der Waals surface area contributed by atoms with E-state index in [-0.39, 0.29) is 12.0 Å². The van der Waals surface area contributed by atoms with Gasteiger partial charge in [0.05, 0.1) is 6.10 Å². The molecule has 92 valence electrons. The van der Waals surface area contributed by atoms with Gasteiger partial charge in [-0.15, -0.1) is 0 Å². The molecule has 4 N–H and O–H groups in total. The maximum Gasteiger partial charge on any atom is 0.332 e. The van der Waals surface area contributed by atoms with Gasteiger partial charge >= 0.3 is 5.97 Å². The molecule has 1 heterocycles. The summed E-state index contributed by atoms with van der Waals surface area (Å²) >= 11 is 0. The van der Waals surface area contributed by atoms with Crippen LogP contribution in [-0.4, -0.2) is 42.3 Å². The van der Waals surface area contributed by atoms with Crippen LogP contribution in [0.5, 0.6) is 0 Å². The molecule has 1 saturated heterocycles. The molecule has 6 nitrogen and oxygen atoms in total. The molecule has 2 unspecified atom stereocenters. The summed E-state index contributed by atoms with van der Waals surface area (Å²) in [7, 11) is 0. The number of amides is 1. The number of aliphatic carboxylic acids is 1. The van der Waals surface area contributed by atoms with E-state index in [1.807, 2.05) is 0 Å². The molecule has 1 amide bonds. The monoisotopic (exact) mass is 230 g/mol. The molecular formula is C10H18N2O4. The smallest absolute Gasteiger partial charge is 0.332 e. The van der Waals surface area contributed by atoms with Crippen LogP contribution in [-0.2, 0) is 14.3 Å². The summed E-state index contributed by atoms with van der Waals surface area (Å²) < 4.78 is 5.24. The molecular weight excluding hydrogens is 212 g/mol. The molecule has 2 atom stereocenters. The summed E-state index contributed by atoms with van der Waals surface area (Å²) in [6, 6.07) is 0. The van der Waals surface area contributed by atoms with Crippen LogP contribution in [0.15, 0.2) is 0 Å². The van der Waals surface area contributed by atoms with Crippen molar-refractivity contribution in [2.45, 2.75) is 37.9 Å². The zero-order valence-electron chi connectivity index (χ0n) is 9.15. The zero-order valence-corrected chi connectivity index (χ0v) is 9.15. The lowest BCUT2D eigenvalue weighted by atomic mass is 10.2. The van der Waals surface area contributed by atoms with E-state index < -0.39 is 12.1 Å². The molecule has 0 radical (unpaired) electrons. The number of carbonyl (C=O) groups is 2. The van der Waals surface area contributed by atoms with Crippen LogP contribution in [0.3, 0.4) is 0 Å². The van der Waals surface area contributed by atoms with E-state index in [1.54, 1.807) is 0 Å². The third kappa shape index (κ3) is 4.16. The Bertz CT molecular complexity index is 257. The average Bonchev–Trinajstić information content (AvgIpc) is 2.72. The van der Waals surface area contributed by atoms with Gasteiger partial charge in [0, 0.05) is 13.0 Å². The first kappa shape index (κ1) is 12.9. The molecule has 0 bridgehead atoms. The Labute approximate surface area is 94.1 Å². The van der Waals surface area contributed by atoms with E-state index in [4.69, 9.17) is 15.6 Å². The van der Waals surface area contributed by atoms with Gasteiger partial charge in [0.2, 0.25) is 5.91 Å². The molecule has 6 heteroatoms. The second kappa shape index (κ2) is 6.44. The fraction of sp³-hybridized carbons (Fsp3) is 0.800. The van der Waals surface area contributed by atoms with Crippen molar-refractivity contribution in [2.75, 3.05) is 13.1 Å². The first-order valence-corrected chi connectivity index (χ1v) is 5.48. The molecule has 1 rings (SSSR count). The third-order valence-electron chi connectivity index (χ3n) is 2.52. The number of nitrogens with one attached hydrogen (secondary N) is 1. The molecule has 0 aliphatic carbocycles. The lowest BCUT2D eigenvalue weighted by Crippen LogP contribution is -2.33. The van der Waals surface area contributed by atoms with Crippen molar-refractivity contribution >= 4 is 11.9 Å². The molecule has 0 aromatic carbocycles.